The SMILES string of the molecule is O=C(NC1CCN(P2(=O)OCc3ccccc3O2)CC1)c1n[nH]cc1NC(=O)c1c(Cl)cccc1Cl. The second-order valence-electron chi connectivity index (χ2n) is 8.34. The fraction of sp³-hybridized carbons (Fsp3) is 0.261. The zero-order chi connectivity index (χ0) is 25.3. The van der Waals surface area contributed by atoms with Gasteiger partial charge in [-0.3, -0.25) is 19.2 Å². The summed E-state index contributed by atoms with van der Waals surface area (Å²) in [5.41, 5.74) is 1.17. The highest BCUT2D eigenvalue weighted by molar-refractivity contribution is 7.51. The van der Waals surface area contributed by atoms with Gasteiger partial charge in [-0.05, 0) is 31.0 Å². The van der Waals surface area contributed by atoms with Crippen molar-refractivity contribution in [3.05, 3.63) is 75.5 Å². The molecular formula is C23H22Cl2N5O5P. The number of piperidine rings is 1. The number of hydrogen-bond acceptors (Lipinski definition) is 6. The lowest BCUT2D eigenvalue weighted by Crippen LogP contribution is -2.44. The Balaban J connectivity index is 1.19. The second-order valence-corrected chi connectivity index (χ2v) is 11.1. The molecule has 2 aliphatic heterocycles. The molecule has 1 atom stereocenters. The Labute approximate surface area is 216 Å². The molecule has 0 radical (unpaired) electrons. The summed E-state index contributed by atoms with van der Waals surface area (Å²) in [7, 11) is -3.46. The van der Waals surface area contributed by atoms with Gasteiger partial charge in [0.1, 0.15) is 5.75 Å². The molecule has 1 unspecified atom stereocenters. The van der Waals surface area contributed by atoms with Crippen LogP contribution in [0.25, 0.3) is 0 Å². The number of carbonyl (C=O) groups is 2. The van der Waals surface area contributed by atoms with E-state index in [-0.39, 0.29) is 39.6 Å². The van der Waals surface area contributed by atoms with Crippen LogP contribution in [0.3, 0.4) is 0 Å². The number of halogens is 2. The van der Waals surface area contributed by atoms with Gasteiger partial charge in [-0.25, -0.2) is 4.57 Å². The van der Waals surface area contributed by atoms with E-state index in [4.69, 9.17) is 32.2 Å². The van der Waals surface area contributed by atoms with Crippen molar-refractivity contribution in [1.82, 2.24) is 20.2 Å². The molecule has 1 fully saturated rings. The summed E-state index contributed by atoms with van der Waals surface area (Å²) in [4.78, 5) is 25.6. The van der Waals surface area contributed by atoms with Gasteiger partial charge in [0.25, 0.3) is 11.8 Å². The Morgan fingerprint density at radius 3 is 2.53 bits per heavy atom. The van der Waals surface area contributed by atoms with Crippen molar-refractivity contribution in [2.75, 3.05) is 18.4 Å². The third kappa shape index (κ3) is 5.00. The molecule has 0 spiro atoms. The van der Waals surface area contributed by atoms with E-state index in [0.29, 0.717) is 31.7 Å². The van der Waals surface area contributed by atoms with Crippen LogP contribution < -0.4 is 15.2 Å². The van der Waals surface area contributed by atoms with E-state index in [1.54, 1.807) is 28.9 Å². The van der Waals surface area contributed by atoms with E-state index in [1.165, 1.54) is 6.20 Å². The number of benzene rings is 2. The number of nitrogens with one attached hydrogen (secondary N) is 3. The van der Waals surface area contributed by atoms with Gasteiger partial charge in [0, 0.05) is 30.9 Å². The van der Waals surface area contributed by atoms with Gasteiger partial charge in [0.2, 0.25) is 0 Å². The van der Waals surface area contributed by atoms with Crippen molar-refractivity contribution >= 4 is 48.5 Å². The second kappa shape index (κ2) is 10.2. The lowest BCUT2D eigenvalue weighted by atomic mass is 10.1. The third-order valence-electron chi connectivity index (χ3n) is 6.02. The average molecular weight is 550 g/mol. The molecular weight excluding hydrogens is 528 g/mol. The molecule has 0 aliphatic carbocycles. The maximum atomic E-state index is 13.3. The molecule has 0 saturated carbocycles. The highest BCUT2D eigenvalue weighted by atomic mass is 35.5. The van der Waals surface area contributed by atoms with Crippen LogP contribution in [0.1, 0.15) is 39.3 Å². The first-order chi connectivity index (χ1) is 17.3. The number of aromatic amines is 1. The number of para-hydroxylation sites is 1. The molecule has 3 heterocycles. The molecule has 1 aromatic heterocycles. The van der Waals surface area contributed by atoms with Crippen molar-refractivity contribution in [2.45, 2.75) is 25.5 Å². The van der Waals surface area contributed by atoms with E-state index in [2.05, 4.69) is 20.8 Å². The van der Waals surface area contributed by atoms with Crippen molar-refractivity contribution in [3.8, 4) is 5.75 Å². The normalized spacial score (nSPS) is 20.3. The third-order valence-corrected chi connectivity index (χ3v) is 8.62. The molecule has 2 amide bonds. The molecule has 0 bridgehead atoms. The predicted octanol–water partition coefficient (Wildman–Crippen LogP) is 4.88. The maximum absolute atomic E-state index is 13.3. The molecule has 10 nitrogen and oxygen atoms in total. The first kappa shape index (κ1) is 24.8. The number of nitrogens with zero attached hydrogens (tertiary/aromatic N) is 2. The number of H-pyrrole nitrogens is 1. The van der Waals surface area contributed by atoms with Crippen LogP contribution in [0, 0.1) is 0 Å². The minimum absolute atomic E-state index is 0.0253. The molecule has 3 N–H and O–H groups in total. The van der Waals surface area contributed by atoms with Crippen LogP contribution in [-0.4, -0.2) is 45.8 Å². The Kier molecular flexibility index (Phi) is 7.05. The highest BCUT2D eigenvalue weighted by Crippen LogP contribution is 2.57. The van der Waals surface area contributed by atoms with Gasteiger partial charge in [0.05, 0.1) is 27.9 Å². The Morgan fingerprint density at radius 2 is 1.78 bits per heavy atom. The number of anilines is 1. The van der Waals surface area contributed by atoms with E-state index in [0.717, 1.165) is 5.56 Å². The minimum Gasteiger partial charge on any atom is -0.413 e. The van der Waals surface area contributed by atoms with Crippen molar-refractivity contribution in [3.63, 3.8) is 0 Å². The summed E-state index contributed by atoms with van der Waals surface area (Å²) in [5, 5.41) is 12.5. The quantitative estimate of drug-likeness (QED) is 0.387. The first-order valence-corrected chi connectivity index (χ1v) is 13.5. The maximum Gasteiger partial charge on any atom is 0.461 e. The van der Waals surface area contributed by atoms with Crippen LogP contribution in [0.15, 0.2) is 48.7 Å². The number of aromatic nitrogens is 2. The molecule has 1 saturated heterocycles. The van der Waals surface area contributed by atoms with E-state index in [1.807, 2.05) is 18.2 Å². The standard InChI is InChI=1S/C23H22Cl2N5O5P/c24-16-5-3-6-17(25)20(16)22(31)28-18-12-26-29-21(18)23(32)27-15-8-10-30(11-9-15)36(33)34-13-14-4-1-2-7-19(14)35-36/h1-7,12,15H,8-11,13H2,(H,26,29)(H,27,32)(H,28,31). The topological polar surface area (TPSA) is 126 Å². The van der Waals surface area contributed by atoms with E-state index < -0.39 is 19.6 Å². The lowest BCUT2D eigenvalue weighted by Gasteiger charge is -2.37. The number of amides is 2. The first-order valence-electron chi connectivity index (χ1n) is 11.2. The summed E-state index contributed by atoms with van der Waals surface area (Å²) >= 11 is 12.2. The lowest BCUT2D eigenvalue weighted by molar-refractivity contribution is 0.0913. The van der Waals surface area contributed by atoms with Gasteiger partial charge in [0.15, 0.2) is 5.69 Å². The number of carbonyl (C=O) groups excluding carboxylic acids is 2. The van der Waals surface area contributed by atoms with Crippen molar-refractivity contribution in [2.24, 2.45) is 0 Å². The van der Waals surface area contributed by atoms with Crippen LogP contribution in [-0.2, 0) is 15.7 Å². The van der Waals surface area contributed by atoms with Gasteiger partial charge in [-0.1, -0.05) is 47.5 Å². The fourth-order valence-corrected chi connectivity index (χ4v) is 6.47. The Bertz CT molecular complexity index is 1340. The van der Waals surface area contributed by atoms with E-state index >= 15 is 0 Å². The van der Waals surface area contributed by atoms with Gasteiger partial charge < -0.3 is 15.2 Å². The zero-order valence-electron chi connectivity index (χ0n) is 18.9. The van der Waals surface area contributed by atoms with Gasteiger partial charge >= 0.3 is 7.75 Å². The largest absolute Gasteiger partial charge is 0.461 e. The van der Waals surface area contributed by atoms with Gasteiger partial charge in [-0.2, -0.15) is 9.77 Å². The minimum atomic E-state index is -3.46. The van der Waals surface area contributed by atoms with Crippen molar-refractivity contribution in [1.29, 1.82) is 0 Å². The summed E-state index contributed by atoms with van der Waals surface area (Å²) < 4.78 is 26.3. The highest BCUT2D eigenvalue weighted by Gasteiger charge is 2.41. The average Bonchev–Trinajstić information content (AvgIpc) is 3.32. The van der Waals surface area contributed by atoms with Crippen LogP contribution in [0.5, 0.6) is 5.75 Å². The fourth-order valence-electron chi connectivity index (χ4n) is 4.12. The molecule has 36 heavy (non-hydrogen) atoms. The summed E-state index contributed by atoms with van der Waals surface area (Å²) in [6.45, 7) is 1.05. The summed E-state index contributed by atoms with van der Waals surface area (Å²) in [6.07, 6.45) is 2.47. The Hall–Kier alpha value is -2.88. The molecule has 3 aromatic rings. The number of fused-ring (bicyclic) bond motifs is 1. The number of hydrogen-bond donors (Lipinski definition) is 3. The molecule has 13 heteroatoms. The van der Waals surface area contributed by atoms with Crippen LogP contribution in [0.4, 0.5) is 5.69 Å². The van der Waals surface area contributed by atoms with Crippen LogP contribution in [0.2, 0.25) is 10.0 Å². The smallest absolute Gasteiger partial charge is 0.413 e. The summed E-state index contributed by atoms with van der Waals surface area (Å²) in [6, 6.07) is 11.9. The number of rotatable bonds is 5. The summed E-state index contributed by atoms with van der Waals surface area (Å²) in [5.74, 6) is -0.456. The molecule has 188 valence electrons. The molecule has 2 aliphatic rings. The predicted molar refractivity (Wildman–Crippen MR) is 135 cm³/mol. The molecule has 2 aromatic carbocycles. The molecule has 5 rings (SSSR count). The monoisotopic (exact) mass is 549 g/mol. The van der Waals surface area contributed by atoms with E-state index in [9.17, 15) is 14.2 Å². The van der Waals surface area contributed by atoms with Gasteiger partial charge in [-0.15, -0.1) is 0 Å². The van der Waals surface area contributed by atoms with Crippen molar-refractivity contribution < 1.29 is 23.2 Å². The Morgan fingerprint density at radius 1 is 1.06 bits per heavy atom. The van der Waals surface area contributed by atoms with Crippen LogP contribution >= 0.6 is 30.9 Å². The zero-order valence-corrected chi connectivity index (χ0v) is 21.3.